The van der Waals surface area contributed by atoms with Crippen LogP contribution in [0.2, 0.25) is 0 Å². The number of aryl methyl sites for hydroxylation is 1. The van der Waals surface area contributed by atoms with Gasteiger partial charge in [-0.15, -0.1) is 0 Å². The molecule has 1 heterocycles. The van der Waals surface area contributed by atoms with E-state index in [1.807, 2.05) is 0 Å². The number of furan rings is 1. The van der Waals surface area contributed by atoms with Crippen molar-refractivity contribution in [1.29, 1.82) is 0 Å². The van der Waals surface area contributed by atoms with Crippen LogP contribution in [0.4, 0.5) is 0 Å². The minimum Gasteiger partial charge on any atom is -0.459 e. The molecule has 0 radical (unpaired) electrons. The second-order valence-electron chi connectivity index (χ2n) is 7.47. The summed E-state index contributed by atoms with van der Waals surface area (Å²) in [5.41, 5.74) is 2.47. The molecular formula is C23H32N2O3. The predicted octanol–water partition coefficient (Wildman–Crippen LogP) is 4.65. The van der Waals surface area contributed by atoms with Crippen molar-refractivity contribution >= 4 is 11.8 Å². The van der Waals surface area contributed by atoms with Crippen molar-refractivity contribution in [1.82, 2.24) is 10.6 Å². The molecule has 5 nitrogen and oxygen atoms in total. The first-order valence-corrected chi connectivity index (χ1v) is 10.2. The summed E-state index contributed by atoms with van der Waals surface area (Å²) in [5.74, 6) is 0.324. The summed E-state index contributed by atoms with van der Waals surface area (Å²) >= 11 is 0. The molecule has 0 bridgehead atoms. The zero-order chi connectivity index (χ0) is 20.4. The molecule has 0 saturated heterocycles. The molecule has 28 heavy (non-hydrogen) atoms. The number of carbonyl (C=O) groups excluding carboxylic acids is 2. The third kappa shape index (κ3) is 6.87. The van der Waals surface area contributed by atoms with Crippen LogP contribution >= 0.6 is 0 Å². The molecule has 1 atom stereocenters. The molecule has 0 aliphatic carbocycles. The molecule has 1 unspecified atom stereocenters. The van der Waals surface area contributed by atoms with Crippen LogP contribution in [0.1, 0.15) is 74.2 Å². The number of hydrogen-bond donors (Lipinski definition) is 2. The Balaban J connectivity index is 1.79. The highest BCUT2D eigenvalue weighted by atomic mass is 16.3. The van der Waals surface area contributed by atoms with Crippen molar-refractivity contribution in [2.24, 2.45) is 5.92 Å². The van der Waals surface area contributed by atoms with E-state index in [4.69, 9.17) is 4.42 Å². The van der Waals surface area contributed by atoms with Crippen LogP contribution < -0.4 is 10.6 Å². The molecule has 1 aromatic carbocycles. The van der Waals surface area contributed by atoms with Gasteiger partial charge in [-0.2, -0.15) is 0 Å². The summed E-state index contributed by atoms with van der Waals surface area (Å²) in [6, 6.07) is 11.9. The smallest absolute Gasteiger partial charge is 0.286 e. The molecule has 1 aromatic heterocycles. The van der Waals surface area contributed by atoms with Gasteiger partial charge in [0, 0.05) is 13.0 Å². The van der Waals surface area contributed by atoms with Crippen LogP contribution in [0.25, 0.3) is 0 Å². The number of amides is 2. The summed E-state index contributed by atoms with van der Waals surface area (Å²) < 4.78 is 5.04. The summed E-state index contributed by atoms with van der Waals surface area (Å²) in [7, 11) is 0. The van der Waals surface area contributed by atoms with Crippen LogP contribution in [0.15, 0.2) is 47.1 Å². The Morgan fingerprint density at radius 3 is 2.43 bits per heavy atom. The number of benzene rings is 1. The van der Waals surface area contributed by atoms with Crippen LogP contribution in [0.5, 0.6) is 0 Å². The van der Waals surface area contributed by atoms with E-state index >= 15 is 0 Å². The van der Waals surface area contributed by atoms with Crippen molar-refractivity contribution < 1.29 is 14.0 Å². The van der Waals surface area contributed by atoms with Crippen molar-refractivity contribution in [3.05, 3.63) is 59.5 Å². The lowest BCUT2D eigenvalue weighted by atomic mass is 9.94. The Kier molecular flexibility index (Phi) is 8.79. The Hall–Kier alpha value is -2.56. The molecule has 5 heteroatoms. The molecule has 2 rings (SSSR count). The Morgan fingerprint density at radius 1 is 1.07 bits per heavy atom. The van der Waals surface area contributed by atoms with Gasteiger partial charge in [-0.05, 0) is 48.4 Å². The normalized spacial score (nSPS) is 12.0. The van der Waals surface area contributed by atoms with Gasteiger partial charge in [-0.25, -0.2) is 0 Å². The second kappa shape index (κ2) is 11.3. The maximum atomic E-state index is 12.4. The standard InChI is InChI=1S/C23H32N2O3/c1-4-5-8-18-11-13-19(14-12-18)22(17(2)3)25-21(26)10-6-15-24-23(27)20-9-7-16-28-20/h7,9,11-14,16-17,22H,4-6,8,10,15H2,1-3H3,(H,24,27)(H,25,26). The highest BCUT2D eigenvalue weighted by Crippen LogP contribution is 2.22. The van der Waals surface area contributed by atoms with E-state index in [-0.39, 0.29) is 23.6 Å². The third-order valence-electron chi connectivity index (χ3n) is 4.75. The summed E-state index contributed by atoms with van der Waals surface area (Å²) in [6.45, 7) is 6.85. The maximum absolute atomic E-state index is 12.4. The lowest BCUT2D eigenvalue weighted by molar-refractivity contribution is -0.122. The fraction of sp³-hybridized carbons (Fsp3) is 0.478. The first-order valence-electron chi connectivity index (χ1n) is 10.2. The van der Waals surface area contributed by atoms with E-state index < -0.39 is 0 Å². The number of rotatable bonds is 11. The van der Waals surface area contributed by atoms with E-state index in [0.29, 0.717) is 25.3 Å². The highest BCUT2D eigenvalue weighted by Gasteiger charge is 2.18. The Labute approximate surface area is 167 Å². The molecule has 0 fully saturated rings. The molecule has 2 N–H and O–H groups in total. The van der Waals surface area contributed by atoms with Crippen LogP contribution in [0.3, 0.4) is 0 Å². The van der Waals surface area contributed by atoms with Gasteiger partial charge in [0.25, 0.3) is 5.91 Å². The minimum atomic E-state index is -0.256. The third-order valence-corrected chi connectivity index (χ3v) is 4.75. The fourth-order valence-corrected chi connectivity index (χ4v) is 3.10. The predicted molar refractivity (Wildman–Crippen MR) is 111 cm³/mol. The van der Waals surface area contributed by atoms with Gasteiger partial charge in [0.15, 0.2) is 5.76 Å². The molecule has 152 valence electrons. The first-order chi connectivity index (χ1) is 13.5. The van der Waals surface area contributed by atoms with Crippen molar-refractivity contribution in [2.45, 2.75) is 58.9 Å². The Bertz CT molecular complexity index is 721. The number of carbonyl (C=O) groups is 2. The fourth-order valence-electron chi connectivity index (χ4n) is 3.10. The molecule has 2 aromatic rings. The minimum absolute atomic E-state index is 0.000933. The van der Waals surface area contributed by atoms with Crippen molar-refractivity contribution in [3.63, 3.8) is 0 Å². The van der Waals surface area contributed by atoms with E-state index in [9.17, 15) is 9.59 Å². The molecule has 0 aliphatic rings. The molecule has 2 amide bonds. The number of unbranched alkanes of at least 4 members (excludes halogenated alkanes) is 1. The van der Waals surface area contributed by atoms with Crippen LogP contribution in [0, 0.1) is 5.92 Å². The average Bonchev–Trinajstić information content (AvgIpc) is 3.23. The van der Waals surface area contributed by atoms with Crippen LogP contribution in [-0.4, -0.2) is 18.4 Å². The van der Waals surface area contributed by atoms with Gasteiger partial charge in [0.05, 0.1) is 12.3 Å². The van der Waals surface area contributed by atoms with E-state index in [0.717, 1.165) is 12.0 Å². The summed E-state index contributed by atoms with van der Waals surface area (Å²) in [4.78, 5) is 24.2. The quantitative estimate of drug-likeness (QED) is 0.554. The van der Waals surface area contributed by atoms with Crippen molar-refractivity contribution in [3.8, 4) is 0 Å². The lowest BCUT2D eigenvalue weighted by Crippen LogP contribution is -2.32. The number of hydrogen-bond acceptors (Lipinski definition) is 3. The first kappa shape index (κ1) is 21.7. The largest absolute Gasteiger partial charge is 0.459 e. The highest BCUT2D eigenvalue weighted by molar-refractivity contribution is 5.91. The summed E-state index contributed by atoms with van der Waals surface area (Å²) in [6.07, 6.45) is 5.90. The second-order valence-corrected chi connectivity index (χ2v) is 7.47. The molecule has 0 aliphatic heterocycles. The monoisotopic (exact) mass is 384 g/mol. The van der Waals surface area contributed by atoms with E-state index in [2.05, 4.69) is 55.7 Å². The zero-order valence-corrected chi connectivity index (χ0v) is 17.2. The number of nitrogens with one attached hydrogen (secondary N) is 2. The van der Waals surface area contributed by atoms with Crippen molar-refractivity contribution in [2.75, 3.05) is 6.54 Å². The van der Waals surface area contributed by atoms with Gasteiger partial charge in [0.1, 0.15) is 0 Å². The molecule has 0 saturated carbocycles. The van der Waals surface area contributed by atoms with Gasteiger partial charge in [0.2, 0.25) is 5.91 Å². The lowest BCUT2D eigenvalue weighted by Gasteiger charge is -2.23. The van der Waals surface area contributed by atoms with Gasteiger partial charge < -0.3 is 15.1 Å². The van der Waals surface area contributed by atoms with E-state index in [1.54, 1.807) is 12.1 Å². The topological polar surface area (TPSA) is 71.3 Å². The molecular weight excluding hydrogens is 352 g/mol. The SMILES string of the molecule is CCCCc1ccc(C(NC(=O)CCCNC(=O)c2ccco2)C(C)C)cc1. The zero-order valence-electron chi connectivity index (χ0n) is 17.2. The van der Waals surface area contributed by atoms with Gasteiger partial charge in [-0.1, -0.05) is 51.5 Å². The maximum Gasteiger partial charge on any atom is 0.286 e. The Morgan fingerprint density at radius 2 is 1.82 bits per heavy atom. The average molecular weight is 385 g/mol. The van der Waals surface area contributed by atoms with E-state index in [1.165, 1.54) is 24.7 Å². The summed E-state index contributed by atoms with van der Waals surface area (Å²) in [5, 5.41) is 5.90. The van der Waals surface area contributed by atoms with Gasteiger partial charge in [-0.3, -0.25) is 9.59 Å². The van der Waals surface area contributed by atoms with Gasteiger partial charge >= 0.3 is 0 Å². The van der Waals surface area contributed by atoms with Crippen LogP contribution in [-0.2, 0) is 11.2 Å². The molecule has 0 spiro atoms.